The standard InChI is InChI=1S/C18H26FN3O2/c1-21(2)12-4-11-20-18(24)15-9-10-16(23)22(3)17(15)13-5-7-14(19)8-6-13/h5-8,15,17H,4,9-12H2,1-3H3,(H,20,24)/t15-,17+/m1/s1. The molecule has 1 saturated heterocycles. The molecule has 2 rings (SSSR count). The summed E-state index contributed by atoms with van der Waals surface area (Å²) in [6, 6.07) is 5.70. The van der Waals surface area contributed by atoms with Crippen LogP contribution in [0.5, 0.6) is 0 Å². The van der Waals surface area contributed by atoms with Crippen molar-refractivity contribution in [3.05, 3.63) is 35.6 Å². The summed E-state index contributed by atoms with van der Waals surface area (Å²) in [5.74, 6) is -0.658. The minimum Gasteiger partial charge on any atom is -0.356 e. The number of hydrogen-bond donors (Lipinski definition) is 1. The predicted octanol–water partition coefficient (Wildman–Crippen LogP) is 1.80. The zero-order chi connectivity index (χ0) is 17.7. The van der Waals surface area contributed by atoms with Gasteiger partial charge in [-0.25, -0.2) is 4.39 Å². The molecule has 0 aliphatic carbocycles. The minimum atomic E-state index is -0.347. The minimum absolute atomic E-state index is 0.0148. The lowest BCUT2D eigenvalue weighted by Gasteiger charge is -2.38. The van der Waals surface area contributed by atoms with Gasteiger partial charge in [0.2, 0.25) is 11.8 Å². The van der Waals surface area contributed by atoms with Gasteiger partial charge in [-0.3, -0.25) is 9.59 Å². The van der Waals surface area contributed by atoms with Crippen LogP contribution in [0.4, 0.5) is 4.39 Å². The lowest BCUT2D eigenvalue weighted by molar-refractivity contribution is -0.141. The highest BCUT2D eigenvalue weighted by molar-refractivity contribution is 5.84. The van der Waals surface area contributed by atoms with E-state index in [1.807, 2.05) is 14.1 Å². The summed E-state index contributed by atoms with van der Waals surface area (Å²) in [6.45, 7) is 1.52. The van der Waals surface area contributed by atoms with Crippen LogP contribution in [0.25, 0.3) is 0 Å². The molecule has 1 aromatic carbocycles. The van der Waals surface area contributed by atoms with E-state index in [-0.39, 0.29) is 29.6 Å². The molecule has 0 aromatic heterocycles. The van der Waals surface area contributed by atoms with Crippen LogP contribution in [0.15, 0.2) is 24.3 Å². The molecule has 1 aromatic rings. The normalized spacial score (nSPS) is 21.2. The van der Waals surface area contributed by atoms with E-state index in [0.717, 1.165) is 18.5 Å². The van der Waals surface area contributed by atoms with E-state index in [4.69, 9.17) is 0 Å². The molecule has 132 valence electrons. The van der Waals surface area contributed by atoms with Crippen LogP contribution < -0.4 is 5.32 Å². The number of hydrogen-bond acceptors (Lipinski definition) is 3. The molecular formula is C18H26FN3O2. The number of carbonyl (C=O) groups excluding carboxylic acids is 2. The third kappa shape index (κ3) is 4.54. The molecule has 6 heteroatoms. The summed E-state index contributed by atoms with van der Waals surface area (Å²) in [5, 5.41) is 2.98. The smallest absolute Gasteiger partial charge is 0.225 e. The molecular weight excluding hydrogens is 309 g/mol. The fraction of sp³-hybridized carbons (Fsp3) is 0.556. The van der Waals surface area contributed by atoms with Gasteiger partial charge >= 0.3 is 0 Å². The van der Waals surface area contributed by atoms with Crippen molar-refractivity contribution in [2.75, 3.05) is 34.2 Å². The maximum Gasteiger partial charge on any atom is 0.225 e. The summed E-state index contributed by atoms with van der Waals surface area (Å²) in [5.41, 5.74) is 0.792. The van der Waals surface area contributed by atoms with Crippen molar-refractivity contribution in [3.8, 4) is 0 Å². The number of likely N-dealkylation sites (tertiary alicyclic amines) is 1. The van der Waals surface area contributed by atoms with Crippen molar-refractivity contribution in [2.45, 2.75) is 25.3 Å². The molecule has 0 bridgehead atoms. The molecule has 1 N–H and O–H groups in total. The quantitative estimate of drug-likeness (QED) is 0.807. The number of carbonyl (C=O) groups is 2. The SMILES string of the molecule is CN(C)CCCNC(=O)[C@@H]1CCC(=O)N(C)[C@H]1c1ccc(F)cc1. The second kappa shape index (κ2) is 8.24. The third-order valence-electron chi connectivity index (χ3n) is 4.49. The first-order valence-electron chi connectivity index (χ1n) is 8.33. The van der Waals surface area contributed by atoms with Gasteiger partial charge < -0.3 is 15.1 Å². The zero-order valence-corrected chi connectivity index (χ0v) is 14.6. The summed E-state index contributed by atoms with van der Waals surface area (Å²) in [7, 11) is 5.70. The molecule has 24 heavy (non-hydrogen) atoms. The van der Waals surface area contributed by atoms with Crippen molar-refractivity contribution in [1.29, 1.82) is 0 Å². The largest absolute Gasteiger partial charge is 0.356 e. The van der Waals surface area contributed by atoms with Crippen molar-refractivity contribution in [3.63, 3.8) is 0 Å². The Labute approximate surface area is 142 Å². The first-order chi connectivity index (χ1) is 11.4. The molecule has 2 atom stereocenters. The van der Waals surface area contributed by atoms with Crippen LogP contribution in [0, 0.1) is 11.7 Å². The average Bonchev–Trinajstić information content (AvgIpc) is 2.54. The van der Waals surface area contributed by atoms with Crippen molar-refractivity contribution >= 4 is 11.8 Å². The van der Waals surface area contributed by atoms with E-state index >= 15 is 0 Å². The van der Waals surface area contributed by atoms with E-state index in [1.54, 1.807) is 24.1 Å². The van der Waals surface area contributed by atoms with Gasteiger partial charge in [-0.05, 0) is 51.2 Å². The molecule has 0 saturated carbocycles. The van der Waals surface area contributed by atoms with Gasteiger partial charge in [0.05, 0.1) is 12.0 Å². The Morgan fingerprint density at radius 1 is 1.33 bits per heavy atom. The Hall–Kier alpha value is -1.95. The molecule has 0 radical (unpaired) electrons. The van der Waals surface area contributed by atoms with Crippen molar-refractivity contribution in [1.82, 2.24) is 15.1 Å². The maximum atomic E-state index is 13.2. The summed E-state index contributed by atoms with van der Waals surface area (Å²) in [4.78, 5) is 28.4. The molecule has 5 nitrogen and oxygen atoms in total. The number of benzene rings is 1. The number of nitrogens with zero attached hydrogens (tertiary/aromatic N) is 2. The van der Waals surface area contributed by atoms with Crippen LogP contribution in [0.2, 0.25) is 0 Å². The van der Waals surface area contributed by atoms with E-state index in [1.165, 1.54) is 12.1 Å². The van der Waals surface area contributed by atoms with Gasteiger partial charge in [0.15, 0.2) is 0 Å². The average molecular weight is 335 g/mol. The highest BCUT2D eigenvalue weighted by atomic mass is 19.1. The summed E-state index contributed by atoms with van der Waals surface area (Å²) in [6.07, 6.45) is 1.76. The van der Waals surface area contributed by atoms with Crippen LogP contribution in [-0.2, 0) is 9.59 Å². The lowest BCUT2D eigenvalue weighted by atomic mass is 9.84. The first kappa shape index (κ1) is 18.4. The monoisotopic (exact) mass is 335 g/mol. The van der Waals surface area contributed by atoms with E-state index in [0.29, 0.717) is 19.4 Å². The van der Waals surface area contributed by atoms with Gasteiger partial charge in [0.25, 0.3) is 0 Å². The highest BCUT2D eigenvalue weighted by Crippen LogP contribution is 2.35. The fourth-order valence-corrected chi connectivity index (χ4v) is 3.17. The predicted molar refractivity (Wildman–Crippen MR) is 90.8 cm³/mol. The second-order valence-electron chi connectivity index (χ2n) is 6.59. The van der Waals surface area contributed by atoms with Crippen LogP contribution in [0.3, 0.4) is 0 Å². The summed E-state index contributed by atoms with van der Waals surface area (Å²) >= 11 is 0. The van der Waals surface area contributed by atoms with Crippen molar-refractivity contribution in [2.24, 2.45) is 5.92 Å². The van der Waals surface area contributed by atoms with E-state index < -0.39 is 0 Å². The highest BCUT2D eigenvalue weighted by Gasteiger charge is 2.38. The van der Waals surface area contributed by atoms with E-state index in [9.17, 15) is 14.0 Å². The van der Waals surface area contributed by atoms with Gasteiger partial charge in [-0.2, -0.15) is 0 Å². The number of halogens is 1. The van der Waals surface area contributed by atoms with Crippen molar-refractivity contribution < 1.29 is 14.0 Å². The Bertz CT molecular complexity index is 574. The number of rotatable bonds is 6. The first-order valence-corrected chi connectivity index (χ1v) is 8.33. The van der Waals surface area contributed by atoms with Gasteiger partial charge in [-0.15, -0.1) is 0 Å². The Kier molecular flexibility index (Phi) is 6.31. The Balaban J connectivity index is 2.08. The molecule has 0 spiro atoms. The fourth-order valence-electron chi connectivity index (χ4n) is 3.17. The number of nitrogens with one attached hydrogen (secondary N) is 1. The topological polar surface area (TPSA) is 52.7 Å². The molecule has 0 unspecified atom stereocenters. The molecule has 2 amide bonds. The molecule has 1 fully saturated rings. The van der Waals surface area contributed by atoms with Gasteiger partial charge in [-0.1, -0.05) is 12.1 Å². The van der Waals surface area contributed by atoms with Gasteiger partial charge in [0.1, 0.15) is 5.82 Å². The second-order valence-corrected chi connectivity index (χ2v) is 6.59. The zero-order valence-electron chi connectivity index (χ0n) is 14.6. The molecule has 1 aliphatic rings. The molecule has 1 heterocycles. The van der Waals surface area contributed by atoms with Crippen LogP contribution >= 0.6 is 0 Å². The third-order valence-corrected chi connectivity index (χ3v) is 4.49. The lowest BCUT2D eigenvalue weighted by Crippen LogP contribution is -2.46. The number of amides is 2. The van der Waals surface area contributed by atoms with Crippen LogP contribution in [0.1, 0.15) is 30.9 Å². The Morgan fingerprint density at radius 2 is 2.00 bits per heavy atom. The van der Waals surface area contributed by atoms with Gasteiger partial charge in [0, 0.05) is 20.0 Å². The maximum absolute atomic E-state index is 13.2. The van der Waals surface area contributed by atoms with E-state index in [2.05, 4.69) is 10.2 Å². The molecule has 1 aliphatic heterocycles. The summed E-state index contributed by atoms with van der Waals surface area (Å²) < 4.78 is 13.2. The Morgan fingerprint density at radius 3 is 2.62 bits per heavy atom. The number of piperidine rings is 1. The van der Waals surface area contributed by atoms with Crippen LogP contribution in [-0.4, -0.2) is 55.8 Å².